The number of amides is 1. The Bertz CT molecular complexity index is 469. The molecule has 0 fully saturated rings. The van der Waals surface area contributed by atoms with E-state index in [1.54, 1.807) is 24.3 Å². The number of nitrogens with one attached hydrogen (secondary N) is 1. The predicted octanol–water partition coefficient (Wildman–Crippen LogP) is 2.19. The summed E-state index contributed by atoms with van der Waals surface area (Å²) in [6.07, 6.45) is 3.23. The number of carboxylic acids is 1. The summed E-state index contributed by atoms with van der Waals surface area (Å²) in [7, 11) is 0. The van der Waals surface area contributed by atoms with Crippen molar-refractivity contribution in [2.45, 2.75) is 6.92 Å². The number of hydrogen-bond acceptors (Lipinski definition) is 2. The molecule has 0 saturated carbocycles. The number of halogens is 1. The SMILES string of the molecule is CC(=O)NCC=Cc1c(Cl)cccc1C(=O)O. The van der Waals surface area contributed by atoms with Crippen molar-refractivity contribution in [3.63, 3.8) is 0 Å². The zero-order chi connectivity index (χ0) is 12.8. The van der Waals surface area contributed by atoms with Gasteiger partial charge in [-0.2, -0.15) is 0 Å². The first-order valence-corrected chi connectivity index (χ1v) is 5.33. The molecule has 2 N–H and O–H groups in total. The Morgan fingerprint density at radius 1 is 1.47 bits per heavy atom. The van der Waals surface area contributed by atoms with E-state index in [0.29, 0.717) is 17.1 Å². The molecule has 1 aromatic rings. The second kappa shape index (κ2) is 6.06. The van der Waals surface area contributed by atoms with E-state index < -0.39 is 5.97 Å². The van der Waals surface area contributed by atoms with E-state index in [2.05, 4.69) is 5.32 Å². The molecule has 0 aliphatic rings. The number of rotatable bonds is 4. The van der Waals surface area contributed by atoms with Gasteiger partial charge in [-0.05, 0) is 12.1 Å². The van der Waals surface area contributed by atoms with Crippen molar-refractivity contribution in [1.82, 2.24) is 5.32 Å². The lowest BCUT2D eigenvalue weighted by Gasteiger charge is -2.03. The maximum atomic E-state index is 11.0. The van der Waals surface area contributed by atoms with Crippen LogP contribution < -0.4 is 5.32 Å². The van der Waals surface area contributed by atoms with E-state index in [9.17, 15) is 9.59 Å². The van der Waals surface area contributed by atoms with Crippen LogP contribution in [0.2, 0.25) is 5.02 Å². The summed E-state index contributed by atoms with van der Waals surface area (Å²) in [6, 6.07) is 4.68. The lowest BCUT2D eigenvalue weighted by molar-refractivity contribution is -0.118. The fourth-order valence-electron chi connectivity index (χ4n) is 1.27. The molecule has 0 saturated heterocycles. The number of hydrogen-bond donors (Lipinski definition) is 2. The minimum absolute atomic E-state index is 0.136. The van der Waals surface area contributed by atoms with E-state index in [-0.39, 0.29) is 11.5 Å². The van der Waals surface area contributed by atoms with Crippen LogP contribution in [0.5, 0.6) is 0 Å². The molecule has 4 nitrogen and oxygen atoms in total. The quantitative estimate of drug-likeness (QED) is 0.864. The molecule has 0 atom stereocenters. The molecule has 0 bridgehead atoms. The monoisotopic (exact) mass is 253 g/mol. The topological polar surface area (TPSA) is 66.4 Å². The van der Waals surface area contributed by atoms with Crippen molar-refractivity contribution in [2.75, 3.05) is 6.54 Å². The Morgan fingerprint density at radius 3 is 2.76 bits per heavy atom. The minimum Gasteiger partial charge on any atom is -0.478 e. The smallest absolute Gasteiger partial charge is 0.336 e. The normalized spacial score (nSPS) is 10.5. The van der Waals surface area contributed by atoms with Crippen LogP contribution in [0.1, 0.15) is 22.8 Å². The average molecular weight is 254 g/mol. The molecule has 1 rings (SSSR count). The fourth-order valence-corrected chi connectivity index (χ4v) is 1.51. The number of aromatic carboxylic acids is 1. The molecule has 0 unspecified atom stereocenters. The number of carboxylic acid groups (broad SMARTS) is 1. The fraction of sp³-hybridized carbons (Fsp3) is 0.167. The molecule has 0 aromatic heterocycles. The van der Waals surface area contributed by atoms with Crippen LogP contribution in [0.25, 0.3) is 6.08 Å². The summed E-state index contributed by atoms with van der Waals surface area (Å²) in [5, 5.41) is 11.9. The molecule has 0 radical (unpaired) electrons. The summed E-state index contributed by atoms with van der Waals surface area (Å²) in [4.78, 5) is 21.6. The highest BCUT2D eigenvalue weighted by Gasteiger charge is 2.09. The Hall–Kier alpha value is -1.81. The third-order valence-corrected chi connectivity index (χ3v) is 2.37. The van der Waals surface area contributed by atoms with Crippen molar-refractivity contribution in [3.8, 4) is 0 Å². The van der Waals surface area contributed by atoms with Crippen LogP contribution in [-0.4, -0.2) is 23.5 Å². The van der Waals surface area contributed by atoms with Crippen molar-refractivity contribution < 1.29 is 14.7 Å². The zero-order valence-corrected chi connectivity index (χ0v) is 9.99. The van der Waals surface area contributed by atoms with Crippen LogP contribution in [-0.2, 0) is 4.79 Å². The summed E-state index contributed by atoms with van der Waals surface area (Å²) < 4.78 is 0. The van der Waals surface area contributed by atoms with Gasteiger partial charge in [0.15, 0.2) is 0 Å². The summed E-state index contributed by atoms with van der Waals surface area (Å²) >= 11 is 5.91. The molecule has 17 heavy (non-hydrogen) atoms. The van der Waals surface area contributed by atoms with Gasteiger partial charge in [0.1, 0.15) is 0 Å². The van der Waals surface area contributed by atoms with Crippen LogP contribution >= 0.6 is 11.6 Å². The first-order valence-electron chi connectivity index (χ1n) is 4.95. The van der Waals surface area contributed by atoms with Crippen molar-refractivity contribution in [3.05, 3.63) is 40.4 Å². The van der Waals surface area contributed by atoms with Crippen molar-refractivity contribution >= 4 is 29.6 Å². The second-order valence-corrected chi connectivity index (χ2v) is 3.75. The van der Waals surface area contributed by atoms with Gasteiger partial charge in [0.2, 0.25) is 5.91 Å². The van der Waals surface area contributed by atoms with E-state index >= 15 is 0 Å². The predicted molar refractivity (Wildman–Crippen MR) is 66.1 cm³/mol. The third kappa shape index (κ3) is 3.92. The summed E-state index contributed by atoms with van der Waals surface area (Å²) in [6.45, 7) is 1.74. The van der Waals surface area contributed by atoms with Gasteiger partial charge < -0.3 is 10.4 Å². The third-order valence-electron chi connectivity index (χ3n) is 2.04. The largest absolute Gasteiger partial charge is 0.478 e. The van der Waals surface area contributed by atoms with E-state index in [1.165, 1.54) is 13.0 Å². The maximum Gasteiger partial charge on any atom is 0.336 e. The molecular formula is C12H12ClNO3. The molecule has 90 valence electrons. The molecule has 1 aromatic carbocycles. The van der Waals surface area contributed by atoms with Crippen LogP contribution in [0, 0.1) is 0 Å². The molecule has 0 heterocycles. The zero-order valence-electron chi connectivity index (χ0n) is 9.24. The Kier molecular flexibility index (Phi) is 4.72. The van der Waals surface area contributed by atoms with Crippen LogP contribution in [0.4, 0.5) is 0 Å². The highest BCUT2D eigenvalue weighted by Crippen LogP contribution is 2.21. The first-order chi connectivity index (χ1) is 8.02. The Balaban J connectivity index is 2.89. The molecule has 0 aliphatic carbocycles. The van der Waals surface area contributed by atoms with Gasteiger partial charge >= 0.3 is 5.97 Å². The standard InChI is InChI=1S/C12H12ClNO3/c1-8(15)14-7-3-5-9-10(12(16)17)4-2-6-11(9)13/h2-6H,7H2,1H3,(H,14,15)(H,16,17). The molecule has 5 heteroatoms. The number of carbonyl (C=O) groups excluding carboxylic acids is 1. The lowest BCUT2D eigenvalue weighted by Crippen LogP contribution is -2.19. The van der Waals surface area contributed by atoms with E-state index in [1.807, 2.05) is 0 Å². The Morgan fingerprint density at radius 2 is 2.18 bits per heavy atom. The molecular weight excluding hydrogens is 242 g/mol. The molecule has 0 aliphatic heterocycles. The van der Waals surface area contributed by atoms with Gasteiger partial charge in [0, 0.05) is 24.1 Å². The number of benzene rings is 1. The van der Waals surface area contributed by atoms with Gasteiger partial charge in [-0.15, -0.1) is 0 Å². The average Bonchev–Trinajstić information content (AvgIpc) is 2.25. The van der Waals surface area contributed by atoms with Crippen molar-refractivity contribution in [1.29, 1.82) is 0 Å². The van der Waals surface area contributed by atoms with Crippen LogP contribution in [0.3, 0.4) is 0 Å². The van der Waals surface area contributed by atoms with Crippen LogP contribution in [0.15, 0.2) is 24.3 Å². The summed E-state index contributed by atoms with van der Waals surface area (Å²) in [5.74, 6) is -1.18. The minimum atomic E-state index is -1.04. The summed E-state index contributed by atoms with van der Waals surface area (Å²) in [5.41, 5.74) is 0.573. The Labute approximate surface area is 104 Å². The number of carbonyl (C=O) groups is 2. The van der Waals surface area contributed by atoms with Gasteiger partial charge in [-0.3, -0.25) is 4.79 Å². The van der Waals surface area contributed by atoms with Gasteiger partial charge in [0.05, 0.1) is 5.56 Å². The van der Waals surface area contributed by atoms with E-state index in [0.717, 1.165) is 0 Å². The van der Waals surface area contributed by atoms with Gasteiger partial charge in [0.25, 0.3) is 0 Å². The first kappa shape index (κ1) is 13.3. The van der Waals surface area contributed by atoms with Gasteiger partial charge in [-0.1, -0.05) is 29.8 Å². The highest BCUT2D eigenvalue weighted by atomic mass is 35.5. The molecule has 1 amide bonds. The highest BCUT2D eigenvalue weighted by molar-refractivity contribution is 6.32. The van der Waals surface area contributed by atoms with E-state index in [4.69, 9.17) is 16.7 Å². The lowest BCUT2D eigenvalue weighted by atomic mass is 10.1. The second-order valence-electron chi connectivity index (χ2n) is 3.35. The van der Waals surface area contributed by atoms with Gasteiger partial charge in [-0.25, -0.2) is 4.79 Å². The van der Waals surface area contributed by atoms with Crippen molar-refractivity contribution in [2.24, 2.45) is 0 Å². The molecule has 0 spiro atoms. The maximum absolute atomic E-state index is 11.0.